The molecule has 1 aliphatic carbocycles. The summed E-state index contributed by atoms with van der Waals surface area (Å²) < 4.78 is 21.8. The van der Waals surface area contributed by atoms with Crippen molar-refractivity contribution in [3.05, 3.63) is 17.0 Å². The van der Waals surface area contributed by atoms with E-state index in [0.717, 1.165) is 25.1 Å². The molecule has 0 aromatic carbocycles. The molecule has 3 fully saturated rings. The molecule has 1 aromatic rings. The van der Waals surface area contributed by atoms with Gasteiger partial charge in [-0.2, -0.15) is 0 Å². The van der Waals surface area contributed by atoms with Crippen molar-refractivity contribution in [2.75, 3.05) is 4.90 Å². The maximum atomic E-state index is 15.6. The Kier molecular flexibility index (Phi) is 4.81. The number of rotatable bonds is 3. The van der Waals surface area contributed by atoms with Gasteiger partial charge in [-0.25, -0.2) is 19.2 Å². The van der Waals surface area contributed by atoms with Gasteiger partial charge < -0.3 is 9.64 Å². The summed E-state index contributed by atoms with van der Waals surface area (Å²) in [4.78, 5) is 25.2. The second kappa shape index (κ2) is 6.87. The summed E-state index contributed by atoms with van der Waals surface area (Å²) in [6.07, 6.45) is 6.06. The molecule has 27 heavy (non-hydrogen) atoms. The van der Waals surface area contributed by atoms with Crippen LogP contribution >= 0.6 is 15.9 Å². The maximum Gasteiger partial charge on any atom is 0.410 e. The first-order chi connectivity index (χ1) is 12.7. The Morgan fingerprint density at radius 2 is 2.00 bits per heavy atom. The van der Waals surface area contributed by atoms with Crippen molar-refractivity contribution in [1.82, 2.24) is 14.9 Å². The van der Waals surface area contributed by atoms with Crippen LogP contribution in [0, 0.1) is 0 Å². The first kappa shape index (κ1) is 18.9. The van der Waals surface area contributed by atoms with Gasteiger partial charge in [-0.3, -0.25) is 4.90 Å². The lowest BCUT2D eigenvalue weighted by atomic mass is 9.94. The molecular weight excluding hydrogens is 415 g/mol. The normalized spacial score (nSPS) is 30.3. The summed E-state index contributed by atoms with van der Waals surface area (Å²) >= 11 is 3.31. The van der Waals surface area contributed by atoms with Gasteiger partial charge in [0.2, 0.25) is 0 Å². The molecule has 6 nitrogen and oxygen atoms in total. The van der Waals surface area contributed by atoms with Gasteiger partial charge in [0.1, 0.15) is 22.2 Å². The molecular formula is C19H26BrFN4O2. The number of hydrogen-bond acceptors (Lipinski definition) is 5. The van der Waals surface area contributed by atoms with E-state index in [-0.39, 0.29) is 12.1 Å². The molecule has 0 radical (unpaired) electrons. The van der Waals surface area contributed by atoms with Crippen LogP contribution < -0.4 is 4.90 Å². The molecule has 0 unspecified atom stereocenters. The Hall–Kier alpha value is -1.44. The highest BCUT2D eigenvalue weighted by Crippen LogP contribution is 2.44. The molecule has 2 saturated heterocycles. The van der Waals surface area contributed by atoms with Gasteiger partial charge in [0.15, 0.2) is 0 Å². The number of fused-ring (bicyclic) bond motifs is 2. The Labute approximate surface area is 167 Å². The van der Waals surface area contributed by atoms with Crippen molar-refractivity contribution in [2.24, 2.45) is 0 Å². The fraction of sp³-hybridized carbons (Fsp3) is 0.737. The maximum absolute atomic E-state index is 15.6. The van der Waals surface area contributed by atoms with Crippen LogP contribution in [0.4, 0.5) is 15.0 Å². The first-order valence-electron chi connectivity index (χ1n) is 9.66. The lowest BCUT2D eigenvalue weighted by molar-refractivity contribution is -0.0108. The molecule has 2 aliphatic heterocycles. The summed E-state index contributed by atoms with van der Waals surface area (Å²) in [6.45, 7) is 5.52. The van der Waals surface area contributed by atoms with Crippen LogP contribution in [-0.2, 0) is 4.74 Å². The highest BCUT2D eigenvalue weighted by atomic mass is 79.9. The number of hydrogen-bond donors (Lipinski definition) is 0. The number of carbonyl (C=O) groups excluding carboxylic acids is 1. The largest absolute Gasteiger partial charge is 0.444 e. The lowest BCUT2D eigenvalue weighted by Gasteiger charge is -2.45. The molecule has 8 heteroatoms. The van der Waals surface area contributed by atoms with E-state index in [1.54, 1.807) is 17.3 Å². The van der Waals surface area contributed by atoms with Crippen molar-refractivity contribution in [3.63, 3.8) is 0 Å². The van der Waals surface area contributed by atoms with Gasteiger partial charge in [-0.05, 0) is 68.8 Å². The van der Waals surface area contributed by atoms with Crippen LogP contribution in [0.5, 0.6) is 0 Å². The highest BCUT2D eigenvalue weighted by molar-refractivity contribution is 9.10. The van der Waals surface area contributed by atoms with E-state index in [1.807, 2.05) is 20.8 Å². The zero-order chi connectivity index (χ0) is 19.3. The fourth-order valence-electron chi connectivity index (χ4n) is 4.41. The van der Waals surface area contributed by atoms with Crippen molar-refractivity contribution in [2.45, 2.75) is 88.8 Å². The van der Waals surface area contributed by atoms with Crippen LogP contribution in [0.15, 0.2) is 17.0 Å². The van der Waals surface area contributed by atoms with Gasteiger partial charge in [-0.15, -0.1) is 0 Å². The van der Waals surface area contributed by atoms with E-state index in [2.05, 4.69) is 30.8 Å². The van der Waals surface area contributed by atoms with E-state index < -0.39 is 23.9 Å². The highest BCUT2D eigenvalue weighted by Gasteiger charge is 2.54. The summed E-state index contributed by atoms with van der Waals surface area (Å²) in [5, 5.41) is 0. The smallest absolute Gasteiger partial charge is 0.410 e. The third kappa shape index (κ3) is 3.77. The minimum Gasteiger partial charge on any atom is -0.444 e. The van der Waals surface area contributed by atoms with Crippen LogP contribution in [0.3, 0.4) is 0 Å². The summed E-state index contributed by atoms with van der Waals surface area (Å²) in [6, 6.07) is -0.361. The number of halogens is 2. The molecule has 0 spiro atoms. The molecule has 4 atom stereocenters. The van der Waals surface area contributed by atoms with Gasteiger partial charge in [0, 0.05) is 12.1 Å². The average Bonchev–Trinajstić information content (AvgIpc) is 3.34. The number of aromatic nitrogens is 2. The number of carbonyl (C=O) groups is 1. The second-order valence-corrected chi connectivity index (χ2v) is 9.58. The van der Waals surface area contributed by atoms with Crippen LogP contribution in [0.1, 0.15) is 52.9 Å². The van der Waals surface area contributed by atoms with Crippen LogP contribution in [-0.4, -0.2) is 56.9 Å². The van der Waals surface area contributed by atoms with Crippen molar-refractivity contribution in [3.8, 4) is 0 Å². The topological polar surface area (TPSA) is 58.6 Å². The molecule has 1 amide bonds. The predicted octanol–water partition coefficient (Wildman–Crippen LogP) is 4.09. The van der Waals surface area contributed by atoms with Crippen molar-refractivity contribution >= 4 is 27.8 Å². The first-order valence-corrected chi connectivity index (χ1v) is 10.4. The quantitative estimate of drug-likeness (QED) is 0.708. The monoisotopic (exact) mass is 440 g/mol. The van der Waals surface area contributed by atoms with Crippen molar-refractivity contribution in [1.29, 1.82) is 0 Å². The van der Waals surface area contributed by atoms with Crippen molar-refractivity contribution < 1.29 is 13.9 Å². The molecule has 1 saturated carbocycles. The van der Waals surface area contributed by atoms with E-state index in [1.165, 1.54) is 0 Å². The SMILES string of the molecule is CC(C)(C)OC(=O)N1[C@H]2CC[C@@H]1[C@@H](F)[C@@H](N(c1cnc(Br)cn1)C1CC1)C2. The number of amides is 1. The third-order valence-corrected chi connectivity index (χ3v) is 5.98. The second-order valence-electron chi connectivity index (χ2n) is 8.77. The van der Waals surface area contributed by atoms with E-state index in [0.29, 0.717) is 23.5 Å². The number of alkyl halides is 1. The average molecular weight is 441 g/mol. The molecule has 3 aliphatic rings. The number of anilines is 1. The van der Waals surface area contributed by atoms with E-state index >= 15 is 4.39 Å². The molecule has 2 bridgehead atoms. The Bertz CT molecular complexity index is 707. The minimum atomic E-state index is -1.12. The lowest BCUT2D eigenvalue weighted by Crippen LogP contribution is -2.60. The molecule has 3 heterocycles. The number of ether oxygens (including phenoxy) is 1. The standard InChI is InChI=1S/C19H26BrFN4O2/c1-19(2,3)27-18(26)25-12-6-7-13(25)17(21)14(8-12)24(11-4-5-11)16-10-22-15(20)9-23-16/h9-14,17H,4-8H2,1-3H3/t12-,13+,14-,17+/m0/s1. The van der Waals surface area contributed by atoms with Gasteiger partial charge >= 0.3 is 6.09 Å². The third-order valence-electron chi connectivity index (χ3n) is 5.57. The van der Waals surface area contributed by atoms with Gasteiger partial charge in [0.25, 0.3) is 0 Å². The number of nitrogens with zero attached hydrogens (tertiary/aromatic N) is 4. The fourth-order valence-corrected chi connectivity index (χ4v) is 4.61. The number of piperidine rings is 1. The zero-order valence-corrected chi connectivity index (χ0v) is 17.5. The van der Waals surface area contributed by atoms with E-state index in [9.17, 15) is 4.79 Å². The van der Waals surface area contributed by atoms with Crippen LogP contribution in [0.25, 0.3) is 0 Å². The summed E-state index contributed by atoms with van der Waals surface area (Å²) in [7, 11) is 0. The van der Waals surface area contributed by atoms with Gasteiger partial charge in [0.05, 0.1) is 24.5 Å². The molecule has 0 N–H and O–H groups in total. The molecule has 1 aromatic heterocycles. The molecule has 4 rings (SSSR count). The Morgan fingerprint density at radius 3 is 2.59 bits per heavy atom. The summed E-state index contributed by atoms with van der Waals surface area (Å²) in [5.74, 6) is 0.721. The molecule has 148 valence electrons. The van der Waals surface area contributed by atoms with Crippen LogP contribution in [0.2, 0.25) is 0 Å². The minimum absolute atomic E-state index is 0.0199. The Morgan fingerprint density at radius 1 is 1.26 bits per heavy atom. The van der Waals surface area contributed by atoms with E-state index in [4.69, 9.17) is 4.74 Å². The predicted molar refractivity (Wildman–Crippen MR) is 103 cm³/mol. The Balaban J connectivity index is 1.56. The zero-order valence-electron chi connectivity index (χ0n) is 15.9. The van der Waals surface area contributed by atoms with Gasteiger partial charge in [-0.1, -0.05) is 0 Å². The summed E-state index contributed by atoms with van der Waals surface area (Å²) in [5.41, 5.74) is -0.577.